The number of rotatable bonds is 3. The zero-order chi connectivity index (χ0) is 12.5. The summed E-state index contributed by atoms with van der Waals surface area (Å²) in [7, 11) is 0. The Bertz CT molecular complexity index is 550. The van der Waals surface area contributed by atoms with E-state index in [4.69, 9.17) is 0 Å². The summed E-state index contributed by atoms with van der Waals surface area (Å²) in [6, 6.07) is 1.53. The molecule has 0 radical (unpaired) electrons. The van der Waals surface area contributed by atoms with E-state index in [1.807, 2.05) is 6.07 Å². The highest BCUT2D eigenvalue weighted by Gasteiger charge is 2.35. The van der Waals surface area contributed by atoms with Gasteiger partial charge in [0.25, 0.3) is 0 Å². The van der Waals surface area contributed by atoms with Crippen molar-refractivity contribution in [1.29, 1.82) is 0 Å². The van der Waals surface area contributed by atoms with Crippen molar-refractivity contribution in [2.24, 2.45) is 5.92 Å². The van der Waals surface area contributed by atoms with Gasteiger partial charge in [-0.05, 0) is 12.3 Å². The normalized spacial score (nSPS) is 21.6. The molecular weight excluding hydrogens is 252 g/mol. The first-order chi connectivity index (χ1) is 8.72. The highest BCUT2D eigenvalue weighted by atomic mass is 32.1. The lowest BCUT2D eigenvalue weighted by Gasteiger charge is -2.00. The number of carbonyl (C=O) groups is 1. The first-order valence-corrected chi connectivity index (χ1v) is 6.40. The Labute approximate surface area is 107 Å². The van der Waals surface area contributed by atoms with Gasteiger partial charge in [0.15, 0.2) is 5.82 Å². The van der Waals surface area contributed by atoms with E-state index in [0.29, 0.717) is 22.7 Å². The van der Waals surface area contributed by atoms with E-state index >= 15 is 0 Å². The maximum atomic E-state index is 11.6. The summed E-state index contributed by atoms with van der Waals surface area (Å²) >= 11 is 1.12. The van der Waals surface area contributed by atoms with Gasteiger partial charge in [-0.3, -0.25) is 15.7 Å². The summed E-state index contributed by atoms with van der Waals surface area (Å²) in [6.45, 7) is 2.20. The fraction of sp³-hybridized carbons (Fsp3) is 0.400. The van der Waals surface area contributed by atoms with Crippen molar-refractivity contribution >= 4 is 28.4 Å². The molecule has 1 aliphatic carbocycles. The third-order valence-corrected chi connectivity index (χ3v) is 3.53. The average molecular weight is 264 g/mol. The summed E-state index contributed by atoms with van der Waals surface area (Å²) in [5.41, 5.74) is 1.08. The Hall–Kier alpha value is -1.96. The van der Waals surface area contributed by atoms with Crippen LogP contribution < -0.4 is 10.6 Å². The van der Waals surface area contributed by atoms with Gasteiger partial charge < -0.3 is 0 Å². The molecule has 1 fully saturated rings. The molecule has 0 saturated heterocycles. The fourth-order valence-corrected chi connectivity index (χ4v) is 2.24. The SMILES string of the molecule is CC1CC1c1cc(NC(=O)Nc2cnns2)n[nH]1. The van der Waals surface area contributed by atoms with Gasteiger partial charge in [0, 0.05) is 29.2 Å². The molecule has 0 bridgehead atoms. The Kier molecular flexibility index (Phi) is 2.71. The first-order valence-electron chi connectivity index (χ1n) is 5.63. The molecule has 7 nitrogen and oxygen atoms in total. The fourth-order valence-electron chi connectivity index (χ4n) is 1.83. The van der Waals surface area contributed by atoms with Crippen molar-refractivity contribution in [3.63, 3.8) is 0 Å². The molecule has 0 spiro atoms. The van der Waals surface area contributed by atoms with Crippen LogP contribution >= 0.6 is 11.5 Å². The van der Waals surface area contributed by atoms with E-state index in [1.54, 1.807) is 0 Å². The van der Waals surface area contributed by atoms with Crippen LogP contribution in [0.25, 0.3) is 0 Å². The number of hydrogen-bond donors (Lipinski definition) is 3. The zero-order valence-electron chi connectivity index (χ0n) is 9.67. The van der Waals surface area contributed by atoms with Gasteiger partial charge in [-0.25, -0.2) is 4.79 Å². The quantitative estimate of drug-likeness (QED) is 0.790. The predicted molar refractivity (Wildman–Crippen MR) is 67.7 cm³/mol. The number of nitrogens with zero attached hydrogens (tertiary/aromatic N) is 3. The summed E-state index contributed by atoms with van der Waals surface area (Å²) in [5, 5.41) is 16.5. The number of H-pyrrole nitrogens is 1. The van der Waals surface area contributed by atoms with Gasteiger partial charge in [0.1, 0.15) is 5.00 Å². The molecule has 3 N–H and O–H groups in total. The molecule has 8 heteroatoms. The number of aromatic nitrogens is 4. The minimum atomic E-state index is -0.344. The maximum Gasteiger partial charge on any atom is 0.325 e. The molecule has 2 atom stereocenters. The van der Waals surface area contributed by atoms with Gasteiger partial charge in [-0.2, -0.15) is 5.10 Å². The molecule has 2 heterocycles. The standard InChI is InChI=1S/C10H12N6OS/c1-5-2-6(5)7-3-8(15-14-7)12-10(17)13-9-4-11-16-18-9/h3-6H,2H2,1H3,(H3,12,13,14,15,17). The van der Waals surface area contributed by atoms with Gasteiger partial charge in [0.05, 0.1) is 6.20 Å². The highest BCUT2D eigenvalue weighted by Crippen LogP contribution is 2.46. The highest BCUT2D eigenvalue weighted by molar-refractivity contribution is 7.10. The molecule has 2 amide bonds. The first kappa shape index (κ1) is 11.1. The molecule has 1 saturated carbocycles. The molecule has 1 aliphatic rings. The van der Waals surface area contributed by atoms with Gasteiger partial charge in [0.2, 0.25) is 0 Å². The van der Waals surface area contributed by atoms with E-state index in [2.05, 4.69) is 37.3 Å². The van der Waals surface area contributed by atoms with Crippen LogP contribution in [-0.4, -0.2) is 25.8 Å². The molecule has 0 aromatic carbocycles. The topological polar surface area (TPSA) is 95.6 Å². The van der Waals surface area contributed by atoms with E-state index in [9.17, 15) is 4.79 Å². The lowest BCUT2D eigenvalue weighted by Crippen LogP contribution is -2.18. The van der Waals surface area contributed by atoms with Crippen LogP contribution in [0.15, 0.2) is 12.3 Å². The number of urea groups is 1. The molecule has 18 heavy (non-hydrogen) atoms. The van der Waals surface area contributed by atoms with Crippen LogP contribution in [0.3, 0.4) is 0 Å². The van der Waals surface area contributed by atoms with Crippen molar-refractivity contribution in [2.45, 2.75) is 19.3 Å². The van der Waals surface area contributed by atoms with Crippen LogP contribution in [-0.2, 0) is 0 Å². The second-order valence-electron chi connectivity index (χ2n) is 4.39. The molecule has 3 rings (SSSR count). The number of carbonyl (C=O) groups excluding carboxylic acids is 1. The zero-order valence-corrected chi connectivity index (χ0v) is 10.5. The molecular formula is C10H12N6OS. The van der Waals surface area contributed by atoms with Crippen molar-refractivity contribution < 1.29 is 4.79 Å². The van der Waals surface area contributed by atoms with Crippen LogP contribution in [0, 0.1) is 5.92 Å². The average Bonchev–Trinajstić information content (AvgIpc) is 2.78. The third-order valence-electron chi connectivity index (χ3n) is 2.95. The van der Waals surface area contributed by atoms with Crippen LogP contribution in [0.5, 0.6) is 0 Å². The molecule has 2 aromatic rings. The number of aromatic amines is 1. The van der Waals surface area contributed by atoms with Crippen molar-refractivity contribution in [3.05, 3.63) is 18.0 Å². The minimum Gasteiger partial charge on any atom is -0.296 e. The maximum absolute atomic E-state index is 11.6. The second-order valence-corrected chi connectivity index (χ2v) is 5.17. The van der Waals surface area contributed by atoms with Crippen LogP contribution in [0.2, 0.25) is 0 Å². The number of nitrogens with one attached hydrogen (secondary N) is 3. The minimum absolute atomic E-state index is 0.344. The van der Waals surface area contributed by atoms with Gasteiger partial charge >= 0.3 is 6.03 Å². The lowest BCUT2D eigenvalue weighted by atomic mass is 10.2. The lowest BCUT2D eigenvalue weighted by molar-refractivity contribution is 0.262. The Morgan fingerprint density at radius 2 is 2.39 bits per heavy atom. The summed E-state index contributed by atoms with van der Waals surface area (Å²) in [5.74, 6) is 1.79. The monoisotopic (exact) mass is 264 g/mol. The van der Waals surface area contributed by atoms with Gasteiger partial charge in [-0.15, -0.1) is 5.10 Å². The molecule has 2 aromatic heterocycles. The second kappa shape index (κ2) is 4.37. The third kappa shape index (κ3) is 2.33. The van der Waals surface area contributed by atoms with E-state index in [1.165, 1.54) is 12.6 Å². The summed E-state index contributed by atoms with van der Waals surface area (Å²) < 4.78 is 3.65. The van der Waals surface area contributed by atoms with Crippen LogP contribution in [0.1, 0.15) is 25.0 Å². The summed E-state index contributed by atoms with van der Waals surface area (Å²) in [6.07, 6.45) is 2.67. The smallest absolute Gasteiger partial charge is 0.296 e. The predicted octanol–water partition coefficient (Wildman–Crippen LogP) is 2.03. The summed E-state index contributed by atoms with van der Waals surface area (Å²) in [4.78, 5) is 11.6. The van der Waals surface area contributed by atoms with Gasteiger partial charge in [-0.1, -0.05) is 11.4 Å². The van der Waals surface area contributed by atoms with Crippen molar-refractivity contribution in [2.75, 3.05) is 10.6 Å². The number of amides is 2. The molecule has 2 unspecified atom stereocenters. The van der Waals surface area contributed by atoms with E-state index in [0.717, 1.165) is 17.2 Å². The largest absolute Gasteiger partial charge is 0.325 e. The number of hydrogen-bond acceptors (Lipinski definition) is 5. The Morgan fingerprint density at radius 1 is 1.56 bits per heavy atom. The molecule has 0 aliphatic heterocycles. The van der Waals surface area contributed by atoms with Crippen LogP contribution in [0.4, 0.5) is 15.6 Å². The molecule has 94 valence electrons. The van der Waals surface area contributed by atoms with E-state index < -0.39 is 0 Å². The van der Waals surface area contributed by atoms with E-state index in [-0.39, 0.29) is 6.03 Å². The van der Waals surface area contributed by atoms with Crippen molar-refractivity contribution in [3.8, 4) is 0 Å². The number of anilines is 2. The Balaban J connectivity index is 1.59. The Morgan fingerprint density at radius 3 is 3.06 bits per heavy atom. The van der Waals surface area contributed by atoms with Crippen molar-refractivity contribution in [1.82, 2.24) is 19.8 Å².